The fourth-order valence-corrected chi connectivity index (χ4v) is 2.34. The number of carbonyl (C=O) groups is 1. The van der Waals surface area contributed by atoms with Crippen LogP contribution in [0.15, 0.2) is 23.0 Å². The SMILES string of the molecule is CCN(CCO)C(=O)c1ccc2c(c1)[nH]c(=O)n2CC(F)(F)F. The third kappa shape index (κ3) is 3.73. The minimum Gasteiger partial charge on any atom is -0.395 e. The number of alkyl halides is 3. The van der Waals surface area contributed by atoms with Crippen LogP contribution in [0.5, 0.6) is 0 Å². The van der Waals surface area contributed by atoms with E-state index in [-0.39, 0.29) is 35.7 Å². The van der Waals surface area contributed by atoms with Gasteiger partial charge in [-0.25, -0.2) is 4.79 Å². The number of halogens is 3. The lowest BCUT2D eigenvalue weighted by Crippen LogP contribution is -2.33. The molecule has 23 heavy (non-hydrogen) atoms. The first kappa shape index (κ1) is 17.1. The van der Waals surface area contributed by atoms with Gasteiger partial charge in [-0.15, -0.1) is 0 Å². The fraction of sp³-hybridized carbons (Fsp3) is 0.429. The van der Waals surface area contributed by atoms with Crippen molar-refractivity contribution in [2.75, 3.05) is 19.7 Å². The number of hydrogen-bond donors (Lipinski definition) is 2. The van der Waals surface area contributed by atoms with E-state index in [0.717, 1.165) is 0 Å². The number of nitrogens with zero attached hydrogens (tertiary/aromatic N) is 2. The van der Waals surface area contributed by atoms with Crippen molar-refractivity contribution in [3.8, 4) is 0 Å². The van der Waals surface area contributed by atoms with Crippen molar-refractivity contribution in [1.29, 1.82) is 0 Å². The first-order valence-electron chi connectivity index (χ1n) is 6.96. The van der Waals surface area contributed by atoms with E-state index in [9.17, 15) is 22.8 Å². The summed E-state index contributed by atoms with van der Waals surface area (Å²) < 4.78 is 38.1. The first-order chi connectivity index (χ1) is 10.8. The Morgan fingerprint density at radius 2 is 2.09 bits per heavy atom. The second-order valence-corrected chi connectivity index (χ2v) is 4.97. The lowest BCUT2D eigenvalue weighted by Gasteiger charge is -2.19. The third-order valence-corrected chi connectivity index (χ3v) is 3.40. The predicted molar refractivity (Wildman–Crippen MR) is 77.3 cm³/mol. The zero-order chi connectivity index (χ0) is 17.2. The molecule has 1 amide bonds. The first-order valence-corrected chi connectivity index (χ1v) is 6.96. The summed E-state index contributed by atoms with van der Waals surface area (Å²) >= 11 is 0. The third-order valence-electron chi connectivity index (χ3n) is 3.40. The summed E-state index contributed by atoms with van der Waals surface area (Å²) in [6.07, 6.45) is -4.52. The van der Waals surface area contributed by atoms with Crippen molar-refractivity contribution in [2.24, 2.45) is 0 Å². The van der Waals surface area contributed by atoms with E-state index in [4.69, 9.17) is 5.11 Å². The predicted octanol–water partition coefficient (Wildman–Crippen LogP) is 1.35. The van der Waals surface area contributed by atoms with Crippen LogP contribution in [0.25, 0.3) is 11.0 Å². The van der Waals surface area contributed by atoms with Gasteiger partial charge >= 0.3 is 11.9 Å². The topological polar surface area (TPSA) is 78.3 Å². The van der Waals surface area contributed by atoms with Crippen LogP contribution in [0.4, 0.5) is 13.2 Å². The van der Waals surface area contributed by atoms with Gasteiger partial charge in [0.2, 0.25) is 0 Å². The molecule has 0 bridgehead atoms. The van der Waals surface area contributed by atoms with E-state index < -0.39 is 18.4 Å². The van der Waals surface area contributed by atoms with Gasteiger partial charge in [-0.1, -0.05) is 0 Å². The number of rotatable bonds is 5. The highest BCUT2D eigenvalue weighted by molar-refractivity contribution is 5.97. The molecular formula is C14H16F3N3O3. The van der Waals surface area contributed by atoms with Crippen LogP contribution >= 0.6 is 0 Å². The highest BCUT2D eigenvalue weighted by atomic mass is 19.4. The maximum absolute atomic E-state index is 12.5. The molecule has 2 aromatic rings. The molecule has 1 heterocycles. The minimum absolute atomic E-state index is 0.0779. The molecule has 6 nitrogen and oxygen atoms in total. The number of nitrogens with one attached hydrogen (secondary N) is 1. The number of benzene rings is 1. The van der Waals surface area contributed by atoms with Crippen molar-refractivity contribution < 1.29 is 23.1 Å². The maximum Gasteiger partial charge on any atom is 0.406 e. The zero-order valence-electron chi connectivity index (χ0n) is 12.4. The van der Waals surface area contributed by atoms with Crippen LogP contribution < -0.4 is 5.69 Å². The summed E-state index contributed by atoms with van der Waals surface area (Å²) in [5.41, 5.74) is -0.419. The van der Waals surface area contributed by atoms with Crippen LogP contribution in [0.1, 0.15) is 17.3 Å². The molecule has 1 aromatic carbocycles. The Labute approximate surface area is 129 Å². The normalized spacial score (nSPS) is 11.9. The number of likely N-dealkylation sites (N-methyl/N-ethyl adjacent to an activating group) is 1. The second-order valence-electron chi connectivity index (χ2n) is 4.97. The Balaban J connectivity index is 2.41. The van der Waals surface area contributed by atoms with Crippen LogP contribution in [0.2, 0.25) is 0 Å². The molecule has 126 valence electrons. The number of aromatic nitrogens is 2. The standard InChI is InChI=1S/C14H16F3N3O3/c1-2-19(5-6-21)12(22)9-3-4-11-10(7-9)18-13(23)20(11)8-14(15,16)17/h3-4,7,21H,2,5-6,8H2,1H3,(H,18,23). The highest BCUT2D eigenvalue weighted by Gasteiger charge is 2.30. The second kappa shape index (κ2) is 6.45. The molecule has 0 aliphatic rings. The van der Waals surface area contributed by atoms with Gasteiger partial charge in [0.25, 0.3) is 5.91 Å². The van der Waals surface area contributed by atoms with E-state index in [1.54, 1.807) is 6.92 Å². The summed E-state index contributed by atoms with van der Waals surface area (Å²) in [7, 11) is 0. The average molecular weight is 331 g/mol. The molecule has 9 heteroatoms. The number of hydrogen-bond acceptors (Lipinski definition) is 3. The van der Waals surface area contributed by atoms with Gasteiger partial charge in [-0.05, 0) is 25.1 Å². The van der Waals surface area contributed by atoms with E-state index in [1.165, 1.54) is 23.1 Å². The maximum atomic E-state index is 12.5. The van der Waals surface area contributed by atoms with Gasteiger partial charge in [0.1, 0.15) is 6.54 Å². The summed E-state index contributed by atoms with van der Waals surface area (Å²) in [5, 5.41) is 8.93. The van der Waals surface area contributed by atoms with Crippen molar-refractivity contribution in [2.45, 2.75) is 19.6 Å². The van der Waals surface area contributed by atoms with E-state index >= 15 is 0 Å². The molecule has 1 aromatic heterocycles. The molecule has 0 unspecified atom stereocenters. The van der Waals surface area contributed by atoms with Crippen molar-refractivity contribution in [3.63, 3.8) is 0 Å². The molecule has 0 fully saturated rings. The molecule has 0 spiro atoms. The van der Waals surface area contributed by atoms with Gasteiger partial charge in [0.15, 0.2) is 0 Å². The van der Waals surface area contributed by atoms with Crippen molar-refractivity contribution >= 4 is 16.9 Å². The Morgan fingerprint density at radius 1 is 1.39 bits per heavy atom. The van der Waals surface area contributed by atoms with Gasteiger partial charge in [0.05, 0.1) is 17.6 Å². The van der Waals surface area contributed by atoms with Gasteiger partial charge < -0.3 is 15.0 Å². The zero-order valence-corrected chi connectivity index (χ0v) is 12.4. The average Bonchev–Trinajstić information content (AvgIpc) is 2.77. The number of aliphatic hydroxyl groups excluding tert-OH is 1. The highest BCUT2D eigenvalue weighted by Crippen LogP contribution is 2.20. The molecule has 0 saturated carbocycles. The number of aromatic amines is 1. The summed E-state index contributed by atoms with van der Waals surface area (Å²) in [6, 6.07) is 4.01. The summed E-state index contributed by atoms with van der Waals surface area (Å²) in [5.74, 6) is -0.368. The lowest BCUT2D eigenvalue weighted by atomic mass is 10.1. The molecular weight excluding hydrogens is 315 g/mol. The quantitative estimate of drug-likeness (QED) is 0.868. The van der Waals surface area contributed by atoms with E-state index in [0.29, 0.717) is 11.1 Å². The van der Waals surface area contributed by atoms with Crippen LogP contribution in [-0.4, -0.2) is 51.3 Å². The Hall–Kier alpha value is -2.29. The van der Waals surface area contributed by atoms with Crippen LogP contribution in [0.3, 0.4) is 0 Å². The fourth-order valence-electron chi connectivity index (χ4n) is 2.34. The van der Waals surface area contributed by atoms with Gasteiger partial charge in [-0.3, -0.25) is 9.36 Å². The number of aliphatic hydroxyl groups is 1. The van der Waals surface area contributed by atoms with Crippen LogP contribution in [0, 0.1) is 0 Å². The minimum atomic E-state index is -4.52. The van der Waals surface area contributed by atoms with Crippen molar-refractivity contribution in [3.05, 3.63) is 34.2 Å². The van der Waals surface area contributed by atoms with E-state index in [2.05, 4.69) is 4.98 Å². The smallest absolute Gasteiger partial charge is 0.395 e. The Kier molecular flexibility index (Phi) is 4.79. The summed E-state index contributed by atoms with van der Waals surface area (Å²) in [4.78, 5) is 27.7. The van der Waals surface area contributed by atoms with Crippen molar-refractivity contribution in [1.82, 2.24) is 14.5 Å². The van der Waals surface area contributed by atoms with Crippen LogP contribution in [-0.2, 0) is 6.54 Å². The molecule has 2 rings (SSSR count). The number of imidazole rings is 1. The number of amides is 1. The Bertz CT molecular complexity index is 764. The Morgan fingerprint density at radius 3 is 2.65 bits per heavy atom. The summed E-state index contributed by atoms with van der Waals surface area (Å²) in [6.45, 7) is 0.682. The molecule has 0 aliphatic carbocycles. The van der Waals surface area contributed by atoms with E-state index in [1.807, 2.05) is 0 Å². The number of H-pyrrole nitrogens is 1. The van der Waals surface area contributed by atoms with Gasteiger partial charge in [0, 0.05) is 18.7 Å². The molecule has 0 radical (unpaired) electrons. The van der Waals surface area contributed by atoms with Gasteiger partial charge in [-0.2, -0.15) is 13.2 Å². The largest absolute Gasteiger partial charge is 0.406 e. The lowest BCUT2D eigenvalue weighted by molar-refractivity contribution is -0.140. The molecule has 0 saturated heterocycles. The number of fused-ring (bicyclic) bond motifs is 1. The number of carbonyl (C=O) groups excluding carboxylic acids is 1. The molecule has 2 N–H and O–H groups in total. The molecule has 0 aliphatic heterocycles. The molecule has 0 atom stereocenters. The monoisotopic (exact) mass is 331 g/mol.